The first-order valence-corrected chi connectivity index (χ1v) is 9.83. The van der Waals surface area contributed by atoms with E-state index in [1.807, 2.05) is 0 Å². The van der Waals surface area contributed by atoms with E-state index >= 15 is 0 Å². The zero-order valence-electron chi connectivity index (χ0n) is 17.8. The van der Waals surface area contributed by atoms with Crippen molar-refractivity contribution in [3.8, 4) is 0 Å². The molecule has 2 bridgehead atoms. The van der Waals surface area contributed by atoms with Crippen LogP contribution in [0.2, 0.25) is 0 Å². The van der Waals surface area contributed by atoms with Crippen LogP contribution in [0.3, 0.4) is 0 Å². The van der Waals surface area contributed by atoms with Crippen LogP contribution in [-0.4, -0.2) is 68.9 Å². The van der Waals surface area contributed by atoms with Crippen molar-refractivity contribution in [3.05, 3.63) is 24.3 Å². The summed E-state index contributed by atoms with van der Waals surface area (Å²) in [5.74, 6) is -6.04. The third kappa shape index (κ3) is 3.67. The molecule has 0 unspecified atom stereocenters. The third-order valence-electron chi connectivity index (χ3n) is 5.49. The van der Waals surface area contributed by atoms with Gasteiger partial charge in [-0.25, -0.2) is 4.79 Å². The number of hydrogen-bond acceptors (Lipinski definition) is 9. The average molecular weight is 424 g/mol. The lowest BCUT2D eigenvalue weighted by Crippen LogP contribution is -2.72. The van der Waals surface area contributed by atoms with Crippen LogP contribution < -0.4 is 0 Å². The monoisotopic (exact) mass is 424 g/mol. The maximum atomic E-state index is 13.6. The predicted octanol–water partition coefficient (Wildman–Crippen LogP) is 1.00. The molecule has 166 valence electrons. The fourth-order valence-corrected chi connectivity index (χ4v) is 4.26. The van der Waals surface area contributed by atoms with Crippen molar-refractivity contribution >= 4 is 23.7 Å². The number of ether oxygens (including phenoxy) is 5. The first-order valence-electron chi connectivity index (χ1n) is 9.83. The molecule has 0 aromatic carbocycles. The molecule has 1 saturated carbocycles. The minimum Gasteiger partial charge on any atom is -0.466 e. The average Bonchev–Trinajstić information content (AvgIpc) is 2.73. The van der Waals surface area contributed by atoms with Gasteiger partial charge in [0.25, 0.3) is 0 Å². The number of ketones is 1. The molecule has 3 rings (SSSR count). The Kier molecular flexibility index (Phi) is 7.54. The van der Waals surface area contributed by atoms with Gasteiger partial charge in [-0.3, -0.25) is 14.4 Å². The van der Waals surface area contributed by atoms with Crippen molar-refractivity contribution in [2.24, 2.45) is 17.8 Å². The van der Waals surface area contributed by atoms with Crippen LogP contribution in [0.1, 0.15) is 20.8 Å². The van der Waals surface area contributed by atoms with Crippen molar-refractivity contribution in [2.75, 3.05) is 34.0 Å². The quantitative estimate of drug-likeness (QED) is 0.231. The number of esters is 3. The standard InChI is InChI=1S/C21H28O9/c1-6-28-14(22)10-12-20(26-4)13-9-11-21(27-5,19(20)25)16(18(24)30-8-3)15(13)17(23)29-7-2/h9-13,15-16H,6-8H2,1-5H3/b12-10+/t13-,15+,16-,20+,21-/m1/s1. The molecule has 0 saturated heterocycles. The number of hydrogen-bond donors (Lipinski definition) is 0. The summed E-state index contributed by atoms with van der Waals surface area (Å²) < 4.78 is 26.4. The molecule has 0 aromatic rings. The molecule has 30 heavy (non-hydrogen) atoms. The smallest absolute Gasteiger partial charge is 0.330 e. The highest BCUT2D eigenvalue weighted by Crippen LogP contribution is 2.54. The second-order valence-corrected chi connectivity index (χ2v) is 6.80. The predicted molar refractivity (Wildman–Crippen MR) is 103 cm³/mol. The Hall–Kier alpha value is -2.52. The minimum absolute atomic E-state index is 0.0609. The lowest BCUT2D eigenvalue weighted by atomic mass is 9.52. The lowest BCUT2D eigenvalue weighted by molar-refractivity contribution is -0.204. The number of carbonyl (C=O) groups is 4. The molecule has 0 aliphatic heterocycles. The van der Waals surface area contributed by atoms with E-state index in [1.54, 1.807) is 26.8 Å². The van der Waals surface area contributed by atoms with E-state index in [0.29, 0.717) is 0 Å². The van der Waals surface area contributed by atoms with Crippen LogP contribution in [-0.2, 0) is 42.9 Å². The van der Waals surface area contributed by atoms with Crippen LogP contribution in [0, 0.1) is 17.8 Å². The van der Waals surface area contributed by atoms with Crippen LogP contribution in [0.15, 0.2) is 24.3 Å². The molecule has 0 N–H and O–H groups in total. The number of rotatable bonds is 9. The van der Waals surface area contributed by atoms with E-state index in [4.69, 9.17) is 23.7 Å². The Morgan fingerprint density at radius 2 is 1.57 bits per heavy atom. The summed E-state index contributed by atoms with van der Waals surface area (Å²) in [6.45, 7) is 5.19. The Morgan fingerprint density at radius 3 is 2.10 bits per heavy atom. The largest absolute Gasteiger partial charge is 0.466 e. The van der Waals surface area contributed by atoms with Gasteiger partial charge >= 0.3 is 17.9 Å². The summed E-state index contributed by atoms with van der Waals surface area (Å²) >= 11 is 0. The summed E-state index contributed by atoms with van der Waals surface area (Å²) in [6.07, 6.45) is 5.36. The Morgan fingerprint density at radius 1 is 0.967 bits per heavy atom. The van der Waals surface area contributed by atoms with Crippen LogP contribution in [0.4, 0.5) is 0 Å². The van der Waals surface area contributed by atoms with Gasteiger partial charge in [0, 0.05) is 26.2 Å². The third-order valence-corrected chi connectivity index (χ3v) is 5.49. The highest BCUT2D eigenvalue weighted by atomic mass is 16.6. The van der Waals surface area contributed by atoms with E-state index in [2.05, 4.69) is 0 Å². The molecule has 9 heteroatoms. The van der Waals surface area contributed by atoms with Gasteiger partial charge in [-0.05, 0) is 32.9 Å². The van der Waals surface area contributed by atoms with Gasteiger partial charge in [-0.15, -0.1) is 0 Å². The maximum absolute atomic E-state index is 13.6. The number of methoxy groups -OCH3 is 2. The molecular weight excluding hydrogens is 396 g/mol. The molecule has 0 spiro atoms. The van der Waals surface area contributed by atoms with Gasteiger partial charge < -0.3 is 23.7 Å². The maximum Gasteiger partial charge on any atom is 0.330 e. The molecule has 1 fully saturated rings. The highest BCUT2D eigenvalue weighted by Gasteiger charge is 2.71. The molecule has 5 atom stereocenters. The Bertz CT molecular complexity index is 756. The minimum atomic E-state index is -1.83. The van der Waals surface area contributed by atoms with Gasteiger partial charge in [-0.2, -0.15) is 0 Å². The fraction of sp³-hybridized carbons (Fsp3) is 0.619. The van der Waals surface area contributed by atoms with Gasteiger partial charge in [0.2, 0.25) is 5.78 Å². The Labute approximate surface area is 175 Å². The van der Waals surface area contributed by atoms with Crippen LogP contribution in [0.5, 0.6) is 0 Å². The fourth-order valence-electron chi connectivity index (χ4n) is 4.26. The second kappa shape index (κ2) is 9.53. The summed E-state index contributed by atoms with van der Waals surface area (Å²) in [7, 11) is 2.55. The van der Waals surface area contributed by atoms with E-state index in [1.165, 1.54) is 26.4 Å². The zero-order valence-corrected chi connectivity index (χ0v) is 17.8. The summed E-state index contributed by atoms with van der Waals surface area (Å²) in [6, 6.07) is 0. The number of carbonyl (C=O) groups excluding carboxylic acids is 4. The van der Waals surface area contributed by atoms with Crippen molar-refractivity contribution in [1.82, 2.24) is 0 Å². The summed E-state index contributed by atoms with van der Waals surface area (Å²) in [4.78, 5) is 51.3. The topological polar surface area (TPSA) is 114 Å². The first kappa shape index (κ1) is 23.8. The van der Waals surface area contributed by atoms with Crippen LogP contribution >= 0.6 is 0 Å². The van der Waals surface area contributed by atoms with Gasteiger partial charge in [-0.1, -0.05) is 6.08 Å². The van der Waals surface area contributed by atoms with E-state index < -0.39 is 52.6 Å². The second-order valence-electron chi connectivity index (χ2n) is 6.80. The van der Waals surface area contributed by atoms with Crippen LogP contribution in [0.25, 0.3) is 0 Å². The van der Waals surface area contributed by atoms with Gasteiger partial charge in [0.1, 0.15) is 5.92 Å². The molecule has 3 aliphatic rings. The van der Waals surface area contributed by atoms with Crippen molar-refractivity contribution in [2.45, 2.75) is 32.0 Å². The molecular formula is C21H28O9. The SMILES string of the molecule is CCOC(=O)/C=C/[C@@]1(OC)C(=O)[C@@]2(OC)C=C[C@@H]1[C@H](C(=O)OCC)[C@@H]2C(=O)OCC. The molecule has 3 aliphatic carbocycles. The summed E-state index contributed by atoms with van der Waals surface area (Å²) in [5, 5.41) is 0. The Balaban J connectivity index is 2.67. The highest BCUT2D eigenvalue weighted by molar-refractivity contribution is 6.07. The molecule has 0 heterocycles. The van der Waals surface area contributed by atoms with E-state index in [0.717, 1.165) is 6.08 Å². The van der Waals surface area contributed by atoms with Gasteiger partial charge in [0.15, 0.2) is 11.2 Å². The van der Waals surface area contributed by atoms with Crippen molar-refractivity contribution < 1.29 is 42.9 Å². The summed E-state index contributed by atoms with van der Waals surface area (Å²) in [5.41, 5.74) is -3.56. The van der Waals surface area contributed by atoms with Crippen molar-refractivity contribution in [3.63, 3.8) is 0 Å². The van der Waals surface area contributed by atoms with Crippen molar-refractivity contribution in [1.29, 1.82) is 0 Å². The van der Waals surface area contributed by atoms with E-state index in [9.17, 15) is 19.2 Å². The van der Waals surface area contributed by atoms with E-state index in [-0.39, 0.29) is 19.8 Å². The lowest BCUT2D eigenvalue weighted by Gasteiger charge is -2.55. The van der Waals surface area contributed by atoms with Gasteiger partial charge in [0.05, 0.1) is 25.7 Å². The number of fused-ring (bicyclic) bond motifs is 2. The zero-order chi connectivity index (χ0) is 22.5. The molecule has 9 nitrogen and oxygen atoms in total. The first-order chi connectivity index (χ1) is 14.3. The molecule has 0 radical (unpaired) electrons. The molecule has 0 amide bonds. The normalized spacial score (nSPS) is 32.3. The molecule has 0 aromatic heterocycles. The number of Topliss-reactive ketones (excluding diaryl/α,β-unsaturated/α-hetero) is 1.